The lowest BCUT2D eigenvalue weighted by atomic mass is 10.3. The smallest absolute Gasteiger partial charge is 0.252 e. The Balaban J connectivity index is 2.58. The molecule has 0 bridgehead atoms. The summed E-state index contributed by atoms with van der Waals surface area (Å²) in [5, 5.41) is 4.41. The predicted octanol–water partition coefficient (Wildman–Crippen LogP) is 1.52. The molecule has 0 fully saturated rings. The number of carbonyl (C=O) groups is 1. The van der Waals surface area contributed by atoms with Gasteiger partial charge in [0.05, 0.1) is 14.2 Å². The minimum Gasteiger partial charge on any atom is -0.349 e. The molecule has 1 rings (SSSR count). The van der Waals surface area contributed by atoms with Crippen LogP contribution in [0.15, 0.2) is 11.4 Å². The summed E-state index contributed by atoms with van der Waals surface area (Å²) < 4.78 is 23.1. The predicted molar refractivity (Wildman–Crippen MR) is 73.7 cm³/mol. The topological polar surface area (TPSA) is 63.2 Å². The molecule has 0 saturated heterocycles. The van der Waals surface area contributed by atoms with Gasteiger partial charge in [-0.1, -0.05) is 0 Å². The van der Waals surface area contributed by atoms with Crippen LogP contribution in [0.1, 0.15) is 17.3 Å². The number of halogens is 1. The van der Waals surface area contributed by atoms with Crippen LogP contribution in [-0.2, 0) is 9.84 Å². The average Bonchev–Trinajstić information content (AvgIpc) is 2.47. The van der Waals surface area contributed by atoms with Crippen molar-refractivity contribution in [3.63, 3.8) is 0 Å². The summed E-state index contributed by atoms with van der Waals surface area (Å²) in [7, 11) is -3.06. The summed E-state index contributed by atoms with van der Waals surface area (Å²) in [5.74, 6) is -0.268. The Morgan fingerprint density at radius 2 is 2.25 bits per heavy atom. The van der Waals surface area contributed by atoms with Gasteiger partial charge >= 0.3 is 0 Å². The molecule has 1 unspecified atom stereocenters. The summed E-state index contributed by atoms with van der Waals surface area (Å²) in [6.07, 6.45) is 1.16. The first-order valence-corrected chi connectivity index (χ1v) is 8.52. The number of nitrogens with one attached hydrogen (secondary N) is 1. The number of rotatable bonds is 4. The third-order valence-corrected chi connectivity index (χ3v) is 4.65. The molecule has 0 aliphatic carbocycles. The number of sulfone groups is 1. The summed E-state index contributed by atoms with van der Waals surface area (Å²) in [6, 6.07) is 1.40. The molecule has 7 heteroatoms. The quantitative estimate of drug-likeness (QED) is 0.814. The Morgan fingerprint density at radius 3 is 2.69 bits per heavy atom. The second-order valence-electron chi connectivity index (χ2n) is 3.61. The van der Waals surface area contributed by atoms with E-state index in [0.717, 1.165) is 9.14 Å². The van der Waals surface area contributed by atoms with Gasteiger partial charge in [-0.15, -0.1) is 11.3 Å². The van der Waals surface area contributed by atoms with E-state index < -0.39 is 9.84 Å². The van der Waals surface area contributed by atoms with Gasteiger partial charge in [0.1, 0.15) is 9.84 Å². The van der Waals surface area contributed by atoms with Crippen molar-refractivity contribution in [2.45, 2.75) is 13.0 Å². The maximum absolute atomic E-state index is 11.7. The molecule has 1 amide bonds. The van der Waals surface area contributed by atoms with E-state index in [4.69, 9.17) is 0 Å². The molecule has 0 radical (unpaired) electrons. The summed E-state index contributed by atoms with van der Waals surface area (Å²) in [5.41, 5.74) is 0.578. The van der Waals surface area contributed by atoms with E-state index in [9.17, 15) is 13.2 Å². The van der Waals surface area contributed by atoms with Gasteiger partial charge in [0.2, 0.25) is 0 Å². The first kappa shape index (κ1) is 13.9. The molecule has 16 heavy (non-hydrogen) atoms. The van der Waals surface area contributed by atoms with E-state index >= 15 is 0 Å². The normalized spacial score (nSPS) is 13.4. The molecule has 4 nitrogen and oxygen atoms in total. The molecule has 0 saturated carbocycles. The number of amides is 1. The molecule has 90 valence electrons. The van der Waals surface area contributed by atoms with Crippen molar-refractivity contribution in [2.75, 3.05) is 12.0 Å². The van der Waals surface area contributed by atoms with Crippen LogP contribution >= 0.6 is 33.9 Å². The van der Waals surface area contributed by atoms with E-state index in [2.05, 4.69) is 27.9 Å². The fourth-order valence-electron chi connectivity index (χ4n) is 1.23. The summed E-state index contributed by atoms with van der Waals surface area (Å²) in [6.45, 7) is 1.68. The van der Waals surface area contributed by atoms with Gasteiger partial charge in [0.25, 0.3) is 5.91 Å². The molecule has 1 N–H and O–H groups in total. The Labute approximate surface area is 112 Å². The molecule has 0 aliphatic heterocycles. The molecular formula is C9H12INO3S2. The molecule has 0 spiro atoms. The van der Waals surface area contributed by atoms with Crippen molar-refractivity contribution in [1.82, 2.24) is 5.32 Å². The van der Waals surface area contributed by atoms with Crippen molar-refractivity contribution in [2.24, 2.45) is 0 Å². The zero-order valence-corrected chi connectivity index (χ0v) is 12.6. The average molecular weight is 373 g/mol. The van der Waals surface area contributed by atoms with Crippen LogP contribution in [0.25, 0.3) is 0 Å². The van der Waals surface area contributed by atoms with E-state index in [1.54, 1.807) is 18.4 Å². The van der Waals surface area contributed by atoms with E-state index in [-0.39, 0.29) is 17.7 Å². The van der Waals surface area contributed by atoms with Crippen LogP contribution in [0.3, 0.4) is 0 Å². The number of carbonyl (C=O) groups excluding carboxylic acids is 1. The lowest BCUT2D eigenvalue weighted by Crippen LogP contribution is -2.37. The molecule has 0 aromatic carbocycles. The van der Waals surface area contributed by atoms with Crippen LogP contribution in [-0.4, -0.2) is 32.4 Å². The fourth-order valence-corrected chi connectivity index (χ4v) is 3.55. The molecule has 1 aromatic heterocycles. The van der Waals surface area contributed by atoms with Gasteiger partial charge in [-0.05, 0) is 35.6 Å². The van der Waals surface area contributed by atoms with Crippen molar-refractivity contribution in [1.29, 1.82) is 0 Å². The van der Waals surface area contributed by atoms with Crippen molar-refractivity contribution >= 4 is 49.7 Å². The second kappa shape index (κ2) is 5.46. The Kier molecular flexibility index (Phi) is 4.74. The lowest BCUT2D eigenvalue weighted by Gasteiger charge is -2.11. The molecule has 1 aromatic rings. The molecule has 1 atom stereocenters. The van der Waals surface area contributed by atoms with Gasteiger partial charge in [-0.3, -0.25) is 4.79 Å². The minimum atomic E-state index is -3.06. The van der Waals surface area contributed by atoms with Crippen LogP contribution in [0.2, 0.25) is 0 Å². The van der Waals surface area contributed by atoms with Gasteiger partial charge in [-0.25, -0.2) is 8.42 Å². The highest BCUT2D eigenvalue weighted by atomic mass is 127. The number of thiophene rings is 1. The maximum atomic E-state index is 11.7. The van der Waals surface area contributed by atoms with Crippen LogP contribution in [0.5, 0.6) is 0 Å². The maximum Gasteiger partial charge on any atom is 0.252 e. The highest BCUT2D eigenvalue weighted by Crippen LogP contribution is 2.16. The van der Waals surface area contributed by atoms with Crippen LogP contribution in [0, 0.1) is 2.88 Å². The van der Waals surface area contributed by atoms with Crippen molar-refractivity contribution in [3.05, 3.63) is 19.9 Å². The number of hydrogen-bond donors (Lipinski definition) is 1. The largest absolute Gasteiger partial charge is 0.349 e. The highest BCUT2D eigenvalue weighted by molar-refractivity contribution is 14.1. The van der Waals surface area contributed by atoms with E-state index in [0.29, 0.717) is 5.56 Å². The Morgan fingerprint density at radius 1 is 1.62 bits per heavy atom. The van der Waals surface area contributed by atoms with Crippen LogP contribution in [0.4, 0.5) is 0 Å². The highest BCUT2D eigenvalue weighted by Gasteiger charge is 2.14. The monoisotopic (exact) mass is 373 g/mol. The van der Waals surface area contributed by atoms with Crippen molar-refractivity contribution < 1.29 is 13.2 Å². The second-order valence-corrected chi connectivity index (χ2v) is 8.60. The van der Waals surface area contributed by atoms with Crippen molar-refractivity contribution in [3.8, 4) is 0 Å². The number of hydrogen-bond acceptors (Lipinski definition) is 4. The summed E-state index contributed by atoms with van der Waals surface area (Å²) >= 11 is 3.61. The zero-order chi connectivity index (χ0) is 12.3. The zero-order valence-electron chi connectivity index (χ0n) is 8.86. The molecule has 1 heterocycles. The van der Waals surface area contributed by atoms with Gasteiger partial charge in [0.15, 0.2) is 0 Å². The van der Waals surface area contributed by atoms with Gasteiger partial charge in [0, 0.05) is 17.7 Å². The molecular weight excluding hydrogens is 361 g/mol. The minimum absolute atomic E-state index is 0.0417. The lowest BCUT2D eigenvalue weighted by molar-refractivity contribution is 0.0944. The third kappa shape index (κ3) is 4.79. The van der Waals surface area contributed by atoms with Crippen LogP contribution < -0.4 is 5.32 Å². The Bertz CT molecular complexity index is 481. The first-order valence-electron chi connectivity index (χ1n) is 4.50. The summed E-state index contributed by atoms with van der Waals surface area (Å²) in [4.78, 5) is 11.7. The standard InChI is InChI=1S/C9H12INO3S2/c1-6(5-16(2,13)14)11-9(12)7-3-8(10)15-4-7/h3-4,6H,5H2,1-2H3,(H,11,12). The first-order chi connectivity index (χ1) is 7.28. The van der Waals surface area contributed by atoms with Gasteiger partial charge < -0.3 is 5.32 Å². The fraction of sp³-hybridized carbons (Fsp3) is 0.444. The van der Waals surface area contributed by atoms with Gasteiger partial charge in [-0.2, -0.15) is 0 Å². The third-order valence-electron chi connectivity index (χ3n) is 1.76. The molecule has 0 aliphatic rings. The Hall–Kier alpha value is -0.150. The van der Waals surface area contributed by atoms with E-state index in [1.807, 2.05) is 0 Å². The van der Waals surface area contributed by atoms with E-state index in [1.165, 1.54) is 11.3 Å². The SMILES string of the molecule is CC(CS(C)(=O)=O)NC(=O)c1csc(I)c1.